The minimum absolute atomic E-state index is 0.336. The van der Waals surface area contributed by atoms with Gasteiger partial charge in [0.1, 0.15) is 0 Å². The van der Waals surface area contributed by atoms with Gasteiger partial charge >= 0.3 is 6.09 Å². The van der Waals surface area contributed by atoms with Gasteiger partial charge in [0.2, 0.25) is 0 Å². The number of nitrogens with zero attached hydrogens (tertiary/aromatic N) is 1. The Bertz CT molecular complexity index is 1370. The Morgan fingerprint density at radius 3 is 2.23 bits per heavy atom. The molecule has 0 bridgehead atoms. The summed E-state index contributed by atoms with van der Waals surface area (Å²) in [5, 5.41) is 3.49. The number of hydrogen-bond acceptors (Lipinski definition) is 4. The van der Waals surface area contributed by atoms with E-state index in [1.807, 2.05) is 30.3 Å². The maximum absolute atomic E-state index is 12.3. The average molecular weight is 540 g/mol. The molecule has 0 radical (unpaired) electrons. The van der Waals surface area contributed by atoms with Gasteiger partial charge in [-0.3, -0.25) is 4.90 Å². The van der Waals surface area contributed by atoms with Crippen LogP contribution in [-0.2, 0) is 13.0 Å². The first-order chi connectivity index (χ1) is 19.0. The maximum Gasteiger partial charge on any atom is 0.412 e. The van der Waals surface area contributed by atoms with E-state index >= 15 is 0 Å². The Labute approximate surface area is 235 Å². The van der Waals surface area contributed by atoms with Crippen LogP contribution in [0.1, 0.15) is 35.4 Å². The number of hydrogen-bond donors (Lipinski definition) is 2. The van der Waals surface area contributed by atoms with E-state index < -0.39 is 6.09 Å². The molecule has 0 atom stereocenters. The summed E-state index contributed by atoms with van der Waals surface area (Å²) in [6.07, 6.45) is 2.63. The first kappa shape index (κ1) is 26.8. The van der Waals surface area contributed by atoms with Gasteiger partial charge in [-0.25, -0.2) is 4.79 Å². The van der Waals surface area contributed by atoms with Crippen molar-refractivity contribution in [2.24, 2.45) is 0 Å². The first-order valence-corrected chi connectivity index (χ1v) is 13.9. The first-order valence-electron chi connectivity index (χ1n) is 13.5. The number of halogens is 1. The predicted molar refractivity (Wildman–Crippen MR) is 159 cm³/mol. The van der Waals surface area contributed by atoms with E-state index in [9.17, 15) is 4.79 Å². The smallest absolute Gasteiger partial charge is 0.408 e. The van der Waals surface area contributed by atoms with Gasteiger partial charge in [-0.05, 0) is 90.4 Å². The number of nitrogen functional groups attached to an aromatic ring is 1. The van der Waals surface area contributed by atoms with Crippen LogP contribution in [0.25, 0.3) is 11.1 Å². The largest absolute Gasteiger partial charge is 0.412 e. The number of likely N-dealkylation sites (tertiary alicyclic amines) is 1. The number of ether oxygens (including phenoxy) is 1. The Morgan fingerprint density at radius 2 is 1.54 bits per heavy atom. The molecule has 1 saturated heterocycles. The normalized spacial score (nSPS) is 14.2. The Hall–Kier alpha value is -3.80. The summed E-state index contributed by atoms with van der Waals surface area (Å²) in [4.78, 5) is 14.9. The van der Waals surface area contributed by atoms with E-state index in [0.29, 0.717) is 28.9 Å². The third-order valence-electron chi connectivity index (χ3n) is 7.36. The summed E-state index contributed by atoms with van der Waals surface area (Å²) >= 11 is 5.97. The maximum atomic E-state index is 12.3. The lowest BCUT2D eigenvalue weighted by atomic mass is 9.89. The lowest BCUT2D eigenvalue weighted by Gasteiger charge is -2.32. The Kier molecular flexibility index (Phi) is 8.82. The van der Waals surface area contributed by atoms with Crippen molar-refractivity contribution in [3.63, 3.8) is 0 Å². The van der Waals surface area contributed by atoms with Gasteiger partial charge in [0.05, 0.1) is 5.69 Å². The van der Waals surface area contributed by atoms with Gasteiger partial charge in [0.15, 0.2) is 5.75 Å². The van der Waals surface area contributed by atoms with Crippen LogP contribution < -0.4 is 15.8 Å². The zero-order valence-corrected chi connectivity index (χ0v) is 22.7. The van der Waals surface area contributed by atoms with Crippen molar-refractivity contribution in [2.75, 3.05) is 25.4 Å². The molecule has 4 aromatic carbocycles. The van der Waals surface area contributed by atoms with Crippen molar-refractivity contribution in [3.8, 4) is 16.9 Å². The van der Waals surface area contributed by atoms with Crippen molar-refractivity contribution >= 4 is 23.4 Å². The molecule has 0 spiro atoms. The van der Waals surface area contributed by atoms with Crippen LogP contribution in [0, 0.1) is 0 Å². The molecule has 0 unspecified atom stereocenters. The molecule has 1 aliphatic heterocycles. The topological polar surface area (TPSA) is 67.6 Å². The summed E-state index contributed by atoms with van der Waals surface area (Å²) in [7, 11) is 0. The van der Waals surface area contributed by atoms with Crippen LogP contribution in [-0.4, -0.2) is 30.6 Å². The van der Waals surface area contributed by atoms with Crippen LogP contribution >= 0.6 is 11.6 Å². The fourth-order valence-electron chi connectivity index (χ4n) is 5.13. The highest BCUT2D eigenvalue weighted by Crippen LogP contribution is 2.30. The zero-order valence-electron chi connectivity index (χ0n) is 22.0. The SMILES string of the molecule is Nc1cc(-c2ccc(Cl)cc2)ccc1OC(=O)NCCc1ccc(CN2CCC(c3ccccc3)CC2)cc1. The van der Waals surface area contributed by atoms with E-state index in [1.54, 1.807) is 12.1 Å². The minimum Gasteiger partial charge on any atom is -0.408 e. The van der Waals surface area contributed by atoms with Crippen molar-refractivity contribution in [1.29, 1.82) is 0 Å². The quantitative estimate of drug-likeness (QED) is 0.230. The van der Waals surface area contributed by atoms with Crippen LogP contribution in [0.4, 0.5) is 10.5 Å². The highest BCUT2D eigenvalue weighted by Gasteiger charge is 2.20. The number of benzene rings is 4. The summed E-state index contributed by atoms with van der Waals surface area (Å²) in [6.45, 7) is 3.71. The van der Waals surface area contributed by atoms with E-state index in [2.05, 4.69) is 64.8 Å². The summed E-state index contributed by atoms with van der Waals surface area (Å²) in [6, 6.07) is 32.4. The van der Waals surface area contributed by atoms with E-state index in [4.69, 9.17) is 22.1 Å². The molecular formula is C33H34ClN3O2. The fourth-order valence-corrected chi connectivity index (χ4v) is 5.25. The lowest BCUT2D eigenvalue weighted by Crippen LogP contribution is -2.32. The van der Waals surface area contributed by atoms with Crippen LogP contribution in [0.5, 0.6) is 5.75 Å². The molecule has 0 aliphatic carbocycles. The standard InChI is InChI=1S/C33H34ClN3O2/c34-30-13-10-27(11-14-30)29-12-15-32(31(35)22-29)39-33(38)36-19-16-24-6-8-25(9-7-24)23-37-20-17-28(18-21-37)26-4-2-1-3-5-26/h1-15,22,28H,16-21,23,35H2,(H,36,38). The van der Waals surface area contributed by atoms with E-state index in [1.165, 1.54) is 29.5 Å². The molecule has 6 heteroatoms. The molecule has 39 heavy (non-hydrogen) atoms. The van der Waals surface area contributed by atoms with Gasteiger partial charge in [0, 0.05) is 18.1 Å². The number of piperidine rings is 1. The van der Waals surface area contributed by atoms with E-state index in [-0.39, 0.29) is 0 Å². The molecule has 1 aliphatic rings. The van der Waals surface area contributed by atoms with Gasteiger partial charge < -0.3 is 15.8 Å². The third-order valence-corrected chi connectivity index (χ3v) is 7.61. The summed E-state index contributed by atoms with van der Waals surface area (Å²) in [5.74, 6) is 1.01. The average Bonchev–Trinajstić information content (AvgIpc) is 2.96. The molecule has 0 saturated carbocycles. The second-order valence-electron chi connectivity index (χ2n) is 10.1. The van der Waals surface area contributed by atoms with Gasteiger partial charge in [0.25, 0.3) is 0 Å². The van der Waals surface area contributed by atoms with Crippen LogP contribution in [0.15, 0.2) is 97.1 Å². The predicted octanol–water partition coefficient (Wildman–Crippen LogP) is 7.30. The molecule has 3 N–H and O–H groups in total. The number of carbonyl (C=O) groups is 1. The van der Waals surface area contributed by atoms with E-state index in [0.717, 1.165) is 37.2 Å². The highest BCUT2D eigenvalue weighted by atomic mass is 35.5. The van der Waals surface area contributed by atoms with Crippen molar-refractivity contribution in [1.82, 2.24) is 10.2 Å². The molecular weight excluding hydrogens is 506 g/mol. The fraction of sp³-hybridized carbons (Fsp3) is 0.242. The van der Waals surface area contributed by atoms with Gasteiger partial charge in [-0.1, -0.05) is 84.4 Å². The molecule has 5 nitrogen and oxygen atoms in total. The van der Waals surface area contributed by atoms with Crippen molar-refractivity contribution < 1.29 is 9.53 Å². The lowest BCUT2D eigenvalue weighted by molar-refractivity contribution is 0.201. The minimum atomic E-state index is -0.517. The van der Waals surface area contributed by atoms with Gasteiger partial charge in [-0.15, -0.1) is 0 Å². The summed E-state index contributed by atoms with van der Waals surface area (Å²) < 4.78 is 5.43. The monoisotopic (exact) mass is 539 g/mol. The third kappa shape index (κ3) is 7.41. The number of nitrogens with one attached hydrogen (secondary N) is 1. The molecule has 1 fully saturated rings. The second-order valence-corrected chi connectivity index (χ2v) is 10.5. The van der Waals surface area contributed by atoms with Crippen LogP contribution in [0.2, 0.25) is 5.02 Å². The van der Waals surface area contributed by atoms with Crippen LogP contribution in [0.3, 0.4) is 0 Å². The number of amides is 1. The van der Waals surface area contributed by atoms with Crippen molar-refractivity contribution in [2.45, 2.75) is 31.7 Å². The van der Waals surface area contributed by atoms with Crippen molar-refractivity contribution in [3.05, 3.63) is 119 Å². The Balaban J connectivity index is 1.04. The van der Waals surface area contributed by atoms with Gasteiger partial charge in [-0.2, -0.15) is 0 Å². The molecule has 4 aromatic rings. The zero-order chi connectivity index (χ0) is 27.0. The number of nitrogens with two attached hydrogens (primary N) is 1. The Morgan fingerprint density at radius 1 is 0.872 bits per heavy atom. The molecule has 200 valence electrons. The second kappa shape index (κ2) is 12.8. The number of rotatable bonds is 8. The number of anilines is 1. The molecule has 1 amide bonds. The number of carbonyl (C=O) groups excluding carboxylic acids is 1. The molecule has 5 rings (SSSR count). The molecule has 1 heterocycles. The molecule has 0 aromatic heterocycles. The highest BCUT2D eigenvalue weighted by molar-refractivity contribution is 6.30. The summed E-state index contributed by atoms with van der Waals surface area (Å²) in [5.41, 5.74) is 12.4.